The highest BCUT2D eigenvalue weighted by molar-refractivity contribution is 6.39. The predicted molar refractivity (Wildman–Crippen MR) is 161 cm³/mol. The fourth-order valence-corrected chi connectivity index (χ4v) is 5.66. The molecule has 0 bridgehead atoms. The topological polar surface area (TPSA) is 84.9 Å². The molecule has 7 nitrogen and oxygen atoms in total. The molecule has 1 fully saturated rings. The lowest BCUT2D eigenvalue weighted by molar-refractivity contribution is -0.146. The van der Waals surface area contributed by atoms with Crippen molar-refractivity contribution in [3.8, 4) is 0 Å². The van der Waals surface area contributed by atoms with Crippen molar-refractivity contribution >= 4 is 46.4 Å². The van der Waals surface area contributed by atoms with Crippen LogP contribution in [0.2, 0.25) is 10.0 Å². The maximum absolute atomic E-state index is 13.2. The molecule has 0 saturated carbocycles. The van der Waals surface area contributed by atoms with Crippen LogP contribution in [0.1, 0.15) is 48.7 Å². The van der Waals surface area contributed by atoms with Crippen molar-refractivity contribution in [3.63, 3.8) is 0 Å². The zero-order valence-electron chi connectivity index (χ0n) is 23.7. The van der Waals surface area contributed by atoms with Gasteiger partial charge in [0, 0.05) is 37.5 Å². The Hall–Kier alpha value is -2.97. The van der Waals surface area contributed by atoms with Crippen LogP contribution >= 0.6 is 23.2 Å². The minimum absolute atomic E-state index is 0.0951. The largest absolute Gasteiger partial charge is 0.464 e. The van der Waals surface area contributed by atoms with E-state index in [0.29, 0.717) is 25.2 Å². The molecular formula is C32H36Cl2N2O5. The molecule has 4 rings (SSSR count). The Morgan fingerprint density at radius 3 is 2.39 bits per heavy atom. The molecule has 218 valence electrons. The number of ketones is 1. The summed E-state index contributed by atoms with van der Waals surface area (Å²) >= 11 is 12.5. The number of halogens is 2. The van der Waals surface area contributed by atoms with Crippen LogP contribution in [0.15, 0.2) is 59.7 Å². The smallest absolute Gasteiger partial charge is 0.328 e. The molecule has 2 aromatic carbocycles. The lowest BCUT2D eigenvalue weighted by Gasteiger charge is -2.26. The van der Waals surface area contributed by atoms with Gasteiger partial charge in [0.2, 0.25) is 0 Å². The van der Waals surface area contributed by atoms with Gasteiger partial charge < -0.3 is 14.8 Å². The summed E-state index contributed by atoms with van der Waals surface area (Å²) in [4.78, 5) is 41.6. The number of morpholine rings is 1. The van der Waals surface area contributed by atoms with E-state index in [1.165, 1.54) is 0 Å². The van der Waals surface area contributed by atoms with Crippen LogP contribution in [0.5, 0.6) is 0 Å². The molecule has 1 amide bonds. The Bertz CT molecular complexity index is 1330. The van der Waals surface area contributed by atoms with Gasteiger partial charge in [-0.3, -0.25) is 14.5 Å². The molecular weight excluding hydrogens is 563 g/mol. The van der Waals surface area contributed by atoms with E-state index in [1.807, 2.05) is 45.0 Å². The standard InChI is InChI=1S/C32H36Cl2N2O5/c1-20-18-21(2)28(30(37)22(20)3)24-10-8-23(9-11-24)19-27(35-31(38)29-25(33)6-4-7-26(29)34)32(39)41-15-5-12-36-13-16-40-17-14-36/h4,6-11,18,22,27H,5,12-17,19H2,1-3H3,(H,35,38). The van der Waals surface area contributed by atoms with Gasteiger partial charge in [-0.15, -0.1) is 0 Å². The number of esters is 1. The van der Waals surface area contributed by atoms with E-state index < -0.39 is 17.9 Å². The summed E-state index contributed by atoms with van der Waals surface area (Å²) in [5.41, 5.74) is 4.41. The van der Waals surface area contributed by atoms with E-state index in [2.05, 4.69) is 16.3 Å². The van der Waals surface area contributed by atoms with Crippen molar-refractivity contribution in [2.75, 3.05) is 39.5 Å². The molecule has 41 heavy (non-hydrogen) atoms. The van der Waals surface area contributed by atoms with Gasteiger partial charge in [-0.2, -0.15) is 0 Å². The molecule has 2 aliphatic rings. The van der Waals surface area contributed by atoms with Crippen LogP contribution in [0.3, 0.4) is 0 Å². The van der Waals surface area contributed by atoms with Crippen LogP contribution in [0.25, 0.3) is 5.57 Å². The fraction of sp³-hybridized carbons (Fsp3) is 0.406. The highest BCUT2D eigenvalue weighted by Crippen LogP contribution is 2.32. The fourth-order valence-electron chi connectivity index (χ4n) is 5.09. The minimum atomic E-state index is -0.966. The molecule has 0 radical (unpaired) electrons. The van der Waals surface area contributed by atoms with Crippen LogP contribution in [0, 0.1) is 5.92 Å². The SMILES string of the molecule is CC1=CC(C)=C(c2ccc(CC(NC(=O)c3c(Cl)cccc3Cl)C(=O)OCCCN3CCOCC3)cc2)C(=O)C1C. The number of ether oxygens (including phenoxy) is 2. The predicted octanol–water partition coefficient (Wildman–Crippen LogP) is 5.54. The number of benzene rings is 2. The molecule has 2 atom stereocenters. The van der Waals surface area contributed by atoms with Gasteiger partial charge in [0.25, 0.3) is 5.91 Å². The van der Waals surface area contributed by atoms with Gasteiger partial charge in [-0.05, 0) is 49.1 Å². The lowest BCUT2D eigenvalue weighted by Crippen LogP contribution is -2.44. The highest BCUT2D eigenvalue weighted by atomic mass is 35.5. The Morgan fingerprint density at radius 2 is 1.73 bits per heavy atom. The monoisotopic (exact) mass is 598 g/mol. The Balaban J connectivity index is 1.48. The number of carbonyl (C=O) groups is 3. The van der Waals surface area contributed by atoms with Gasteiger partial charge in [-0.25, -0.2) is 4.79 Å². The summed E-state index contributed by atoms with van der Waals surface area (Å²) in [6, 6.07) is 11.3. The van der Waals surface area contributed by atoms with Crippen LogP contribution in [-0.4, -0.2) is 68.1 Å². The maximum atomic E-state index is 13.2. The molecule has 9 heteroatoms. The second kappa shape index (κ2) is 14.3. The summed E-state index contributed by atoms with van der Waals surface area (Å²) in [7, 11) is 0. The first-order chi connectivity index (χ1) is 19.7. The number of carbonyl (C=O) groups excluding carboxylic acids is 3. The second-order valence-corrected chi connectivity index (χ2v) is 11.3. The number of amides is 1. The zero-order chi connectivity index (χ0) is 29.5. The molecule has 1 aliphatic carbocycles. The highest BCUT2D eigenvalue weighted by Gasteiger charge is 2.28. The summed E-state index contributed by atoms with van der Waals surface area (Å²) < 4.78 is 11.0. The Morgan fingerprint density at radius 1 is 1.07 bits per heavy atom. The lowest BCUT2D eigenvalue weighted by atomic mass is 9.81. The van der Waals surface area contributed by atoms with E-state index in [1.54, 1.807) is 18.2 Å². The minimum Gasteiger partial charge on any atom is -0.464 e. The van der Waals surface area contributed by atoms with E-state index in [0.717, 1.165) is 41.9 Å². The van der Waals surface area contributed by atoms with E-state index in [9.17, 15) is 14.4 Å². The van der Waals surface area contributed by atoms with Crippen molar-refractivity contribution in [1.29, 1.82) is 0 Å². The average Bonchev–Trinajstić information content (AvgIpc) is 2.95. The quantitative estimate of drug-likeness (QED) is 0.285. The third kappa shape index (κ3) is 7.86. The molecule has 1 saturated heterocycles. The molecule has 1 heterocycles. The molecule has 0 spiro atoms. The number of rotatable bonds is 10. The van der Waals surface area contributed by atoms with Gasteiger partial charge in [0.05, 0.1) is 35.4 Å². The Labute approximate surface area is 251 Å². The number of allylic oxidation sites excluding steroid dienone is 4. The number of hydrogen-bond donors (Lipinski definition) is 1. The number of hydrogen-bond acceptors (Lipinski definition) is 6. The summed E-state index contributed by atoms with van der Waals surface area (Å²) in [5.74, 6) is -1.17. The van der Waals surface area contributed by atoms with Crippen molar-refractivity contribution < 1.29 is 23.9 Å². The van der Waals surface area contributed by atoms with Gasteiger partial charge in [-0.1, -0.05) is 72.1 Å². The number of nitrogens with one attached hydrogen (secondary N) is 1. The van der Waals surface area contributed by atoms with Crippen molar-refractivity contribution in [1.82, 2.24) is 10.2 Å². The summed E-state index contributed by atoms with van der Waals surface area (Å²) in [6.45, 7) is 9.99. The number of Topliss-reactive ketones (excluding diaryl/α,β-unsaturated/α-hetero) is 1. The van der Waals surface area contributed by atoms with E-state index in [-0.39, 0.29) is 40.3 Å². The third-order valence-corrected chi connectivity index (χ3v) is 8.22. The first-order valence-electron chi connectivity index (χ1n) is 13.9. The number of nitrogens with zero attached hydrogens (tertiary/aromatic N) is 1. The molecule has 1 N–H and O–H groups in total. The molecule has 1 aliphatic heterocycles. The van der Waals surface area contributed by atoms with Crippen molar-refractivity contribution in [2.24, 2.45) is 5.92 Å². The van der Waals surface area contributed by atoms with Gasteiger partial charge in [0.1, 0.15) is 6.04 Å². The van der Waals surface area contributed by atoms with Crippen LogP contribution in [0.4, 0.5) is 0 Å². The van der Waals surface area contributed by atoms with Crippen molar-refractivity contribution in [2.45, 2.75) is 39.7 Å². The molecule has 2 aromatic rings. The first-order valence-corrected chi connectivity index (χ1v) is 14.7. The molecule has 2 unspecified atom stereocenters. The first kappa shape index (κ1) is 31.0. The maximum Gasteiger partial charge on any atom is 0.328 e. The average molecular weight is 600 g/mol. The third-order valence-electron chi connectivity index (χ3n) is 7.59. The van der Waals surface area contributed by atoms with E-state index >= 15 is 0 Å². The molecule has 0 aromatic heterocycles. The Kier molecular flexibility index (Phi) is 10.8. The van der Waals surface area contributed by atoms with E-state index in [4.69, 9.17) is 32.7 Å². The summed E-state index contributed by atoms with van der Waals surface area (Å²) in [5, 5.41) is 3.16. The van der Waals surface area contributed by atoms with Crippen LogP contribution < -0.4 is 5.32 Å². The van der Waals surface area contributed by atoms with Gasteiger partial charge in [0.15, 0.2) is 5.78 Å². The van der Waals surface area contributed by atoms with Crippen LogP contribution in [-0.2, 0) is 25.5 Å². The van der Waals surface area contributed by atoms with Gasteiger partial charge >= 0.3 is 5.97 Å². The summed E-state index contributed by atoms with van der Waals surface area (Å²) in [6.07, 6.45) is 2.92. The zero-order valence-corrected chi connectivity index (χ0v) is 25.2. The second-order valence-electron chi connectivity index (χ2n) is 10.5. The normalized spacial score (nSPS) is 18.6. The van der Waals surface area contributed by atoms with Crippen molar-refractivity contribution in [3.05, 3.63) is 86.4 Å².